The lowest BCUT2D eigenvalue weighted by Crippen LogP contribution is -2.52. The van der Waals surface area contributed by atoms with E-state index in [4.69, 9.17) is 14.2 Å². The molecule has 1 saturated carbocycles. The van der Waals surface area contributed by atoms with Crippen LogP contribution in [0, 0.1) is 6.92 Å². The molecule has 1 amide bonds. The molecule has 0 bridgehead atoms. The fourth-order valence-corrected chi connectivity index (χ4v) is 3.95. The topological polar surface area (TPSA) is 73.9 Å². The molecule has 0 atom stereocenters. The molecule has 0 aromatic heterocycles. The van der Waals surface area contributed by atoms with Crippen molar-refractivity contribution in [2.75, 3.05) is 13.7 Å². The van der Waals surface area contributed by atoms with Gasteiger partial charge in [-0.25, -0.2) is 4.79 Å². The van der Waals surface area contributed by atoms with Gasteiger partial charge < -0.3 is 19.5 Å². The van der Waals surface area contributed by atoms with Crippen molar-refractivity contribution in [2.45, 2.75) is 51.7 Å². The second-order valence-corrected chi connectivity index (χ2v) is 8.02. The SMILES string of the molecule is CCOC(=O)C1(NC(=O)C=Cc2ccc(OCc3cccc(C)c3)c(OC)c2)CCCC1. The van der Waals surface area contributed by atoms with E-state index < -0.39 is 5.54 Å². The van der Waals surface area contributed by atoms with E-state index >= 15 is 0 Å². The number of benzene rings is 2. The van der Waals surface area contributed by atoms with Gasteiger partial charge in [0.15, 0.2) is 11.5 Å². The van der Waals surface area contributed by atoms with Crippen LogP contribution in [-0.4, -0.2) is 31.1 Å². The van der Waals surface area contributed by atoms with Crippen molar-refractivity contribution in [1.82, 2.24) is 5.32 Å². The summed E-state index contributed by atoms with van der Waals surface area (Å²) in [5.74, 6) is 0.538. The lowest BCUT2D eigenvalue weighted by Gasteiger charge is -2.27. The zero-order valence-corrected chi connectivity index (χ0v) is 19.0. The molecule has 0 radical (unpaired) electrons. The maximum Gasteiger partial charge on any atom is 0.331 e. The third-order valence-electron chi connectivity index (χ3n) is 5.58. The minimum Gasteiger partial charge on any atom is -0.493 e. The number of carbonyl (C=O) groups is 2. The number of nitrogens with one attached hydrogen (secondary N) is 1. The van der Waals surface area contributed by atoms with Crippen LogP contribution in [0.1, 0.15) is 49.3 Å². The fourth-order valence-electron chi connectivity index (χ4n) is 3.95. The first kappa shape index (κ1) is 23.4. The van der Waals surface area contributed by atoms with Gasteiger partial charge in [-0.3, -0.25) is 4.79 Å². The largest absolute Gasteiger partial charge is 0.493 e. The number of ether oxygens (including phenoxy) is 3. The van der Waals surface area contributed by atoms with E-state index in [0.717, 1.165) is 24.0 Å². The van der Waals surface area contributed by atoms with Gasteiger partial charge in [0, 0.05) is 6.08 Å². The van der Waals surface area contributed by atoms with Crippen LogP contribution in [0.15, 0.2) is 48.5 Å². The van der Waals surface area contributed by atoms with E-state index in [1.807, 2.05) is 43.3 Å². The molecule has 0 heterocycles. The van der Waals surface area contributed by atoms with Gasteiger partial charge in [0.25, 0.3) is 0 Å². The Balaban J connectivity index is 1.65. The molecule has 0 spiro atoms. The van der Waals surface area contributed by atoms with Crippen LogP contribution in [0.25, 0.3) is 6.08 Å². The second kappa shape index (κ2) is 10.8. The van der Waals surface area contributed by atoms with Crippen molar-refractivity contribution in [3.8, 4) is 11.5 Å². The summed E-state index contributed by atoms with van der Waals surface area (Å²) in [6.45, 7) is 4.54. The van der Waals surface area contributed by atoms with Gasteiger partial charge in [-0.1, -0.05) is 48.7 Å². The summed E-state index contributed by atoms with van der Waals surface area (Å²) in [4.78, 5) is 24.9. The van der Waals surface area contributed by atoms with E-state index in [1.54, 1.807) is 20.1 Å². The number of amides is 1. The van der Waals surface area contributed by atoms with Gasteiger partial charge in [0.05, 0.1) is 13.7 Å². The van der Waals surface area contributed by atoms with E-state index in [-0.39, 0.29) is 11.9 Å². The third kappa shape index (κ3) is 5.90. The van der Waals surface area contributed by atoms with Crippen molar-refractivity contribution >= 4 is 18.0 Å². The van der Waals surface area contributed by atoms with Gasteiger partial charge >= 0.3 is 5.97 Å². The van der Waals surface area contributed by atoms with Crippen LogP contribution in [-0.2, 0) is 20.9 Å². The van der Waals surface area contributed by atoms with Crippen LogP contribution < -0.4 is 14.8 Å². The number of hydrogen-bond acceptors (Lipinski definition) is 5. The Kier molecular flexibility index (Phi) is 7.92. The highest BCUT2D eigenvalue weighted by molar-refractivity contribution is 5.96. The molecule has 1 aliphatic carbocycles. The average molecular weight is 438 g/mol. The first-order chi connectivity index (χ1) is 15.5. The quantitative estimate of drug-likeness (QED) is 0.459. The fraction of sp³-hybridized carbons (Fsp3) is 0.385. The van der Waals surface area contributed by atoms with Gasteiger partial charge in [-0.05, 0) is 56.0 Å². The van der Waals surface area contributed by atoms with Crippen LogP contribution in [0.3, 0.4) is 0 Å². The zero-order chi connectivity index (χ0) is 23.0. The first-order valence-corrected chi connectivity index (χ1v) is 11.0. The molecule has 2 aromatic carbocycles. The first-order valence-electron chi connectivity index (χ1n) is 11.0. The van der Waals surface area contributed by atoms with Gasteiger partial charge in [-0.15, -0.1) is 0 Å². The normalized spacial score (nSPS) is 14.8. The molecule has 2 aromatic rings. The van der Waals surface area contributed by atoms with Crippen LogP contribution >= 0.6 is 0 Å². The monoisotopic (exact) mass is 437 g/mol. The molecule has 0 saturated heterocycles. The summed E-state index contributed by atoms with van der Waals surface area (Å²) < 4.78 is 16.6. The molecule has 0 aliphatic heterocycles. The van der Waals surface area contributed by atoms with Crippen LogP contribution in [0.4, 0.5) is 0 Å². The van der Waals surface area contributed by atoms with Crippen LogP contribution in [0.2, 0.25) is 0 Å². The molecular weight excluding hydrogens is 406 g/mol. The van der Waals surface area contributed by atoms with E-state index in [2.05, 4.69) is 11.4 Å². The molecule has 1 N–H and O–H groups in total. The average Bonchev–Trinajstić information content (AvgIpc) is 3.26. The number of esters is 1. The number of aryl methyl sites for hydroxylation is 1. The maximum absolute atomic E-state index is 12.5. The summed E-state index contributed by atoms with van der Waals surface area (Å²) >= 11 is 0. The minimum atomic E-state index is -0.914. The molecule has 6 nitrogen and oxygen atoms in total. The van der Waals surface area contributed by atoms with E-state index in [9.17, 15) is 9.59 Å². The van der Waals surface area contributed by atoms with Gasteiger partial charge in [0.1, 0.15) is 12.1 Å². The number of methoxy groups -OCH3 is 1. The third-order valence-corrected chi connectivity index (χ3v) is 5.58. The molecule has 170 valence electrons. The molecule has 32 heavy (non-hydrogen) atoms. The molecule has 1 fully saturated rings. The highest BCUT2D eigenvalue weighted by Crippen LogP contribution is 2.31. The second-order valence-electron chi connectivity index (χ2n) is 8.02. The predicted molar refractivity (Wildman–Crippen MR) is 124 cm³/mol. The molecule has 3 rings (SSSR count). The predicted octanol–water partition coefficient (Wildman–Crippen LogP) is 4.59. The maximum atomic E-state index is 12.5. The molecule has 1 aliphatic rings. The Morgan fingerprint density at radius 1 is 1.09 bits per heavy atom. The minimum absolute atomic E-state index is 0.296. The highest BCUT2D eigenvalue weighted by atomic mass is 16.5. The summed E-state index contributed by atoms with van der Waals surface area (Å²) in [6.07, 6.45) is 6.11. The van der Waals surface area contributed by atoms with E-state index in [1.165, 1.54) is 11.6 Å². The van der Waals surface area contributed by atoms with E-state index in [0.29, 0.717) is 37.6 Å². The summed E-state index contributed by atoms with van der Waals surface area (Å²) in [5.41, 5.74) is 2.13. The molecular formula is C26H31NO5. The summed E-state index contributed by atoms with van der Waals surface area (Å²) in [6, 6.07) is 13.6. The Hall–Kier alpha value is -3.28. The van der Waals surface area contributed by atoms with Crippen molar-refractivity contribution < 1.29 is 23.8 Å². The number of carbonyl (C=O) groups excluding carboxylic acids is 2. The number of rotatable bonds is 9. The summed E-state index contributed by atoms with van der Waals surface area (Å²) in [5, 5.41) is 2.87. The molecule has 0 unspecified atom stereocenters. The lowest BCUT2D eigenvalue weighted by molar-refractivity contribution is -0.152. The Morgan fingerprint density at radius 3 is 2.56 bits per heavy atom. The van der Waals surface area contributed by atoms with Crippen molar-refractivity contribution in [3.63, 3.8) is 0 Å². The lowest BCUT2D eigenvalue weighted by atomic mass is 9.97. The van der Waals surface area contributed by atoms with Crippen molar-refractivity contribution in [1.29, 1.82) is 0 Å². The van der Waals surface area contributed by atoms with Gasteiger partial charge in [-0.2, -0.15) is 0 Å². The van der Waals surface area contributed by atoms with Crippen molar-refractivity contribution in [2.24, 2.45) is 0 Å². The standard InChI is InChI=1S/C26H31NO5/c1-4-31-25(29)26(14-5-6-15-26)27-24(28)13-11-20-10-12-22(23(17-20)30-3)32-18-21-9-7-8-19(2)16-21/h7-13,16-17H,4-6,14-15,18H2,1-3H3,(H,27,28). The smallest absolute Gasteiger partial charge is 0.331 e. The zero-order valence-electron chi connectivity index (χ0n) is 19.0. The number of hydrogen-bond donors (Lipinski definition) is 1. The highest BCUT2D eigenvalue weighted by Gasteiger charge is 2.43. The van der Waals surface area contributed by atoms with Gasteiger partial charge in [0.2, 0.25) is 5.91 Å². The van der Waals surface area contributed by atoms with Crippen LogP contribution in [0.5, 0.6) is 11.5 Å². The van der Waals surface area contributed by atoms with Crippen molar-refractivity contribution in [3.05, 3.63) is 65.2 Å². The Morgan fingerprint density at radius 2 is 1.88 bits per heavy atom. The summed E-state index contributed by atoms with van der Waals surface area (Å²) in [7, 11) is 1.58. The Labute approximate surface area is 189 Å². The molecule has 6 heteroatoms. The Bertz CT molecular complexity index is 976.